The molecular weight excluding hydrogens is 198 g/mol. The first-order chi connectivity index (χ1) is 6.34. The molecule has 1 saturated carbocycles. The Morgan fingerprint density at radius 2 is 1.93 bits per heavy atom. The smallest absolute Gasteiger partial charge is 0.153 e. The van der Waals surface area contributed by atoms with Crippen molar-refractivity contribution in [1.82, 2.24) is 0 Å². The first kappa shape index (κ1) is 12.0. The number of rotatable bonds is 3. The van der Waals surface area contributed by atoms with E-state index < -0.39 is 9.84 Å². The van der Waals surface area contributed by atoms with Crippen molar-refractivity contribution < 1.29 is 8.42 Å². The average molecular weight is 219 g/mol. The predicted molar refractivity (Wildman–Crippen MR) is 58.8 cm³/mol. The van der Waals surface area contributed by atoms with Crippen LogP contribution in [-0.2, 0) is 9.84 Å². The first-order valence-corrected chi connectivity index (χ1v) is 7.03. The van der Waals surface area contributed by atoms with Crippen molar-refractivity contribution in [3.8, 4) is 0 Å². The van der Waals surface area contributed by atoms with Crippen LogP contribution in [0.3, 0.4) is 0 Å². The topological polar surface area (TPSA) is 60.2 Å². The van der Waals surface area contributed by atoms with Crippen molar-refractivity contribution >= 4 is 9.84 Å². The molecule has 1 fully saturated rings. The molecule has 0 aliphatic heterocycles. The van der Waals surface area contributed by atoms with Crippen molar-refractivity contribution in [1.29, 1.82) is 0 Å². The molecule has 0 bridgehead atoms. The highest BCUT2D eigenvalue weighted by molar-refractivity contribution is 7.92. The second-order valence-corrected chi connectivity index (χ2v) is 7.13. The average Bonchev–Trinajstić information content (AvgIpc) is 2.30. The standard InChI is InChI=1S/C10H21NO2S/c1-7(2)6-14(12,13)10-5-4-9(11)8(10)3/h7-10H,4-6,11H2,1-3H3. The molecule has 1 aliphatic rings. The Kier molecular flexibility index (Phi) is 3.58. The van der Waals surface area contributed by atoms with Crippen LogP contribution in [0.4, 0.5) is 0 Å². The molecule has 0 saturated heterocycles. The molecular formula is C10H21NO2S. The normalized spacial score (nSPS) is 33.9. The summed E-state index contributed by atoms with van der Waals surface area (Å²) >= 11 is 0. The lowest BCUT2D eigenvalue weighted by Crippen LogP contribution is -2.34. The van der Waals surface area contributed by atoms with Gasteiger partial charge >= 0.3 is 0 Å². The monoisotopic (exact) mass is 219 g/mol. The summed E-state index contributed by atoms with van der Waals surface area (Å²) < 4.78 is 23.9. The van der Waals surface area contributed by atoms with Crippen LogP contribution in [-0.4, -0.2) is 25.5 Å². The summed E-state index contributed by atoms with van der Waals surface area (Å²) in [6.07, 6.45) is 1.60. The Hall–Kier alpha value is -0.0900. The van der Waals surface area contributed by atoms with E-state index in [-0.39, 0.29) is 23.1 Å². The number of sulfone groups is 1. The fourth-order valence-corrected chi connectivity index (χ4v) is 4.78. The molecule has 3 unspecified atom stereocenters. The van der Waals surface area contributed by atoms with Crippen LogP contribution in [0, 0.1) is 11.8 Å². The molecule has 1 rings (SSSR count). The second-order valence-electron chi connectivity index (χ2n) is 4.86. The SMILES string of the molecule is CC(C)CS(=O)(=O)C1CCC(N)C1C. The summed E-state index contributed by atoms with van der Waals surface area (Å²) in [7, 11) is -2.92. The van der Waals surface area contributed by atoms with Gasteiger partial charge < -0.3 is 5.73 Å². The van der Waals surface area contributed by atoms with Gasteiger partial charge in [-0.25, -0.2) is 8.42 Å². The number of nitrogens with two attached hydrogens (primary N) is 1. The van der Waals surface area contributed by atoms with Crippen LogP contribution in [0.1, 0.15) is 33.6 Å². The molecule has 0 aromatic heterocycles. The van der Waals surface area contributed by atoms with E-state index in [1.54, 1.807) is 0 Å². The zero-order valence-electron chi connectivity index (χ0n) is 9.23. The lowest BCUT2D eigenvalue weighted by Gasteiger charge is -2.19. The fourth-order valence-electron chi connectivity index (χ4n) is 2.25. The molecule has 0 aromatic carbocycles. The van der Waals surface area contributed by atoms with Crippen molar-refractivity contribution in [2.75, 3.05) is 5.75 Å². The van der Waals surface area contributed by atoms with Gasteiger partial charge in [0.15, 0.2) is 9.84 Å². The minimum absolute atomic E-state index is 0.0712. The van der Waals surface area contributed by atoms with Gasteiger partial charge in [-0.3, -0.25) is 0 Å². The molecule has 1 aliphatic carbocycles. The first-order valence-electron chi connectivity index (χ1n) is 5.31. The Balaban J connectivity index is 2.74. The summed E-state index contributed by atoms with van der Waals surface area (Å²) in [4.78, 5) is 0. The van der Waals surface area contributed by atoms with E-state index in [9.17, 15) is 8.42 Å². The zero-order chi connectivity index (χ0) is 10.9. The Bertz CT molecular complexity index is 284. The maximum atomic E-state index is 11.9. The maximum absolute atomic E-state index is 11.9. The Morgan fingerprint density at radius 1 is 1.36 bits per heavy atom. The van der Waals surface area contributed by atoms with Crippen LogP contribution in [0.15, 0.2) is 0 Å². The van der Waals surface area contributed by atoms with Gasteiger partial charge in [-0.2, -0.15) is 0 Å². The third kappa shape index (κ3) is 2.48. The van der Waals surface area contributed by atoms with Gasteiger partial charge in [0, 0.05) is 6.04 Å². The fraction of sp³-hybridized carbons (Fsp3) is 1.00. The zero-order valence-corrected chi connectivity index (χ0v) is 10.0. The van der Waals surface area contributed by atoms with Gasteiger partial charge in [0.1, 0.15) is 0 Å². The van der Waals surface area contributed by atoms with Gasteiger partial charge in [-0.05, 0) is 24.7 Å². The number of hydrogen-bond donors (Lipinski definition) is 1. The predicted octanol–water partition coefficient (Wildman–Crippen LogP) is 1.18. The Labute approximate surface area is 87.0 Å². The van der Waals surface area contributed by atoms with Crippen molar-refractivity contribution in [3.05, 3.63) is 0 Å². The molecule has 0 radical (unpaired) electrons. The number of hydrogen-bond acceptors (Lipinski definition) is 3. The van der Waals surface area contributed by atoms with Crippen molar-refractivity contribution in [2.45, 2.75) is 44.9 Å². The minimum Gasteiger partial charge on any atom is -0.327 e. The maximum Gasteiger partial charge on any atom is 0.153 e. The van der Waals surface area contributed by atoms with Crippen LogP contribution < -0.4 is 5.73 Å². The largest absolute Gasteiger partial charge is 0.327 e. The van der Waals surface area contributed by atoms with Crippen molar-refractivity contribution in [2.24, 2.45) is 17.6 Å². The van der Waals surface area contributed by atoms with Crippen LogP contribution >= 0.6 is 0 Å². The van der Waals surface area contributed by atoms with Crippen LogP contribution in [0.25, 0.3) is 0 Å². The molecule has 84 valence electrons. The van der Waals surface area contributed by atoms with E-state index in [2.05, 4.69) is 0 Å². The molecule has 2 N–H and O–H groups in total. The van der Waals surface area contributed by atoms with Crippen LogP contribution in [0.2, 0.25) is 0 Å². The lowest BCUT2D eigenvalue weighted by atomic mass is 10.1. The van der Waals surface area contributed by atoms with Crippen LogP contribution in [0.5, 0.6) is 0 Å². The van der Waals surface area contributed by atoms with Gasteiger partial charge in [0.05, 0.1) is 11.0 Å². The van der Waals surface area contributed by atoms with E-state index in [0.29, 0.717) is 5.75 Å². The molecule has 4 heteroatoms. The highest BCUT2D eigenvalue weighted by Gasteiger charge is 2.39. The van der Waals surface area contributed by atoms with Gasteiger partial charge in [-0.15, -0.1) is 0 Å². The second kappa shape index (κ2) is 4.19. The quantitative estimate of drug-likeness (QED) is 0.775. The molecule has 0 aromatic rings. The summed E-state index contributed by atoms with van der Waals surface area (Å²) in [6.45, 7) is 5.84. The molecule has 0 spiro atoms. The van der Waals surface area contributed by atoms with E-state index >= 15 is 0 Å². The highest BCUT2D eigenvalue weighted by atomic mass is 32.2. The van der Waals surface area contributed by atoms with E-state index in [1.807, 2.05) is 20.8 Å². The van der Waals surface area contributed by atoms with E-state index in [0.717, 1.165) is 12.8 Å². The van der Waals surface area contributed by atoms with Gasteiger partial charge in [0.25, 0.3) is 0 Å². The van der Waals surface area contributed by atoms with E-state index in [1.165, 1.54) is 0 Å². The summed E-state index contributed by atoms with van der Waals surface area (Å²) in [6, 6.07) is 0.0712. The van der Waals surface area contributed by atoms with Gasteiger partial charge in [0.2, 0.25) is 0 Å². The third-order valence-electron chi connectivity index (χ3n) is 3.07. The highest BCUT2D eigenvalue weighted by Crippen LogP contribution is 2.31. The summed E-state index contributed by atoms with van der Waals surface area (Å²) in [5, 5.41) is -0.195. The molecule has 0 amide bonds. The molecule has 0 heterocycles. The van der Waals surface area contributed by atoms with Crippen molar-refractivity contribution in [3.63, 3.8) is 0 Å². The summed E-state index contributed by atoms with van der Waals surface area (Å²) in [5.41, 5.74) is 5.83. The molecule has 14 heavy (non-hydrogen) atoms. The Morgan fingerprint density at radius 3 is 2.29 bits per heavy atom. The van der Waals surface area contributed by atoms with E-state index in [4.69, 9.17) is 5.73 Å². The molecule has 3 atom stereocenters. The lowest BCUT2D eigenvalue weighted by molar-refractivity contribution is 0.502. The minimum atomic E-state index is -2.92. The summed E-state index contributed by atoms with van der Waals surface area (Å²) in [5.74, 6) is 0.636. The van der Waals surface area contributed by atoms with Gasteiger partial charge in [-0.1, -0.05) is 20.8 Å². The molecule has 3 nitrogen and oxygen atoms in total. The third-order valence-corrected chi connectivity index (χ3v) is 5.79.